The first-order chi connectivity index (χ1) is 13.8. The number of carbonyl (C=O) groups excluding carboxylic acids is 2. The first-order valence-corrected chi connectivity index (χ1v) is 10.5. The minimum absolute atomic E-state index is 0.00287. The van der Waals surface area contributed by atoms with Crippen molar-refractivity contribution in [2.24, 2.45) is 5.92 Å². The van der Waals surface area contributed by atoms with Gasteiger partial charge in [0.2, 0.25) is 11.8 Å². The number of hydrogen-bond acceptors (Lipinski definition) is 4. The van der Waals surface area contributed by atoms with Gasteiger partial charge in [0, 0.05) is 24.2 Å². The third-order valence-electron chi connectivity index (χ3n) is 5.41. The molecular formula is C22H28ClN3O3. The van der Waals surface area contributed by atoms with Gasteiger partial charge in [0.05, 0.1) is 12.1 Å². The average Bonchev–Trinajstić information content (AvgIpc) is 3.10. The summed E-state index contributed by atoms with van der Waals surface area (Å²) in [6.07, 6.45) is 1.89. The predicted octanol–water partition coefficient (Wildman–Crippen LogP) is 3.73. The van der Waals surface area contributed by atoms with Crippen molar-refractivity contribution < 1.29 is 14.1 Å². The van der Waals surface area contributed by atoms with E-state index in [0.717, 1.165) is 23.6 Å². The summed E-state index contributed by atoms with van der Waals surface area (Å²) < 4.78 is 5.10. The second-order valence-corrected chi connectivity index (χ2v) is 8.49. The zero-order valence-corrected chi connectivity index (χ0v) is 17.9. The largest absolute Gasteiger partial charge is 0.361 e. The van der Waals surface area contributed by atoms with Gasteiger partial charge in [-0.1, -0.05) is 42.7 Å². The van der Waals surface area contributed by atoms with E-state index in [4.69, 9.17) is 16.1 Å². The van der Waals surface area contributed by atoms with Gasteiger partial charge in [-0.2, -0.15) is 0 Å². The second-order valence-electron chi connectivity index (χ2n) is 8.05. The molecule has 1 aliphatic heterocycles. The molecule has 0 saturated carbocycles. The maximum Gasteiger partial charge on any atom is 0.245 e. The summed E-state index contributed by atoms with van der Waals surface area (Å²) in [5, 5.41) is 7.41. The molecule has 1 fully saturated rings. The molecule has 0 radical (unpaired) electrons. The van der Waals surface area contributed by atoms with E-state index in [9.17, 15) is 9.59 Å². The molecule has 1 aliphatic rings. The molecule has 3 rings (SSSR count). The third-order valence-corrected chi connectivity index (χ3v) is 5.66. The van der Waals surface area contributed by atoms with Gasteiger partial charge < -0.3 is 14.7 Å². The maximum absolute atomic E-state index is 13.1. The Morgan fingerprint density at radius 1 is 1.24 bits per heavy atom. The number of piperidine rings is 1. The van der Waals surface area contributed by atoms with Crippen molar-refractivity contribution in [1.29, 1.82) is 0 Å². The lowest BCUT2D eigenvalue weighted by atomic mass is 9.89. The summed E-state index contributed by atoms with van der Waals surface area (Å²) in [4.78, 5) is 27.4. The minimum atomic E-state index is -0.543. The summed E-state index contributed by atoms with van der Waals surface area (Å²) in [5.41, 5.74) is 1.99. The Morgan fingerprint density at radius 3 is 2.45 bits per heavy atom. The van der Waals surface area contributed by atoms with Crippen LogP contribution in [0.2, 0.25) is 5.02 Å². The number of likely N-dealkylation sites (tertiary alicyclic amines) is 1. The van der Waals surface area contributed by atoms with E-state index in [1.54, 1.807) is 13.0 Å². The highest BCUT2D eigenvalue weighted by molar-refractivity contribution is 6.30. The highest BCUT2D eigenvalue weighted by atomic mass is 35.5. The van der Waals surface area contributed by atoms with Crippen molar-refractivity contribution in [1.82, 2.24) is 15.4 Å². The van der Waals surface area contributed by atoms with Gasteiger partial charge in [-0.15, -0.1) is 0 Å². The number of amides is 2. The number of nitrogens with zero attached hydrogens (tertiary/aromatic N) is 2. The fourth-order valence-electron chi connectivity index (χ4n) is 3.76. The Kier molecular flexibility index (Phi) is 6.96. The van der Waals surface area contributed by atoms with Gasteiger partial charge in [0.25, 0.3) is 0 Å². The molecule has 1 atom stereocenters. The quantitative estimate of drug-likeness (QED) is 0.777. The fourth-order valence-corrected chi connectivity index (χ4v) is 3.89. The van der Waals surface area contributed by atoms with E-state index in [1.165, 1.54) is 5.56 Å². The van der Waals surface area contributed by atoms with E-state index in [2.05, 4.69) is 22.6 Å². The molecule has 0 bridgehead atoms. The summed E-state index contributed by atoms with van der Waals surface area (Å²) in [7, 11) is 0. The van der Waals surface area contributed by atoms with Crippen LogP contribution in [-0.4, -0.2) is 41.0 Å². The second kappa shape index (κ2) is 9.44. The van der Waals surface area contributed by atoms with E-state index < -0.39 is 6.04 Å². The van der Waals surface area contributed by atoms with Crippen molar-refractivity contribution in [3.8, 4) is 0 Å². The molecule has 2 amide bonds. The smallest absolute Gasteiger partial charge is 0.245 e. The first kappa shape index (κ1) is 21.4. The third kappa shape index (κ3) is 5.60. The summed E-state index contributed by atoms with van der Waals surface area (Å²) in [5.74, 6) is 0.676. The number of halogens is 1. The van der Waals surface area contributed by atoms with Crippen molar-refractivity contribution in [3.05, 3.63) is 52.4 Å². The molecule has 6 nitrogen and oxygen atoms in total. The number of nitrogens with one attached hydrogen (secondary N) is 1. The molecule has 156 valence electrons. The lowest BCUT2D eigenvalue weighted by Gasteiger charge is -2.35. The highest BCUT2D eigenvalue weighted by Crippen LogP contribution is 2.29. The topological polar surface area (TPSA) is 75.4 Å². The molecule has 2 aromatic rings. The van der Waals surface area contributed by atoms with Gasteiger partial charge >= 0.3 is 0 Å². The van der Waals surface area contributed by atoms with Crippen LogP contribution >= 0.6 is 11.6 Å². The van der Waals surface area contributed by atoms with Crippen molar-refractivity contribution >= 4 is 23.4 Å². The van der Waals surface area contributed by atoms with Gasteiger partial charge in [0.15, 0.2) is 0 Å². The zero-order valence-electron chi connectivity index (χ0n) is 17.2. The number of aromatic nitrogens is 1. The highest BCUT2D eigenvalue weighted by Gasteiger charge is 2.31. The predicted molar refractivity (Wildman–Crippen MR) is 112 cm³/mol. The summed E-state index contributed by atoms with van der Waals surface area (Å²) >= 11 is 5.98. The van der Waals surface area contributed by atoms with Crippen molar-refractivity contribution in [2.75, 3.05) is 13.1 Å². The molecule has 29 heavy (non-hydrogen) atoms. The van der Waals surface area contributed by atoms with Gasteiger partial charge in [-0.25, -0.2) is 0 Å². The Hall–Kier alpha value is -2.34. The number of carbonyl (C=O) groups is 2. The monoisotopic (exact) mass is 417 g/mol. The maximum atomic E-state index is 13.1. The normalized spacial score (nSPS) is 16.1. The van der Waals surface area contributed by atoms with Crippen molar-refractivity contribution in [2.45, 2.75) is 52.0 Å². The van der Waals surface area contributed by atoms with E-state index in [0.29, 0.717) is 24.8 Å². The SMILES string of the molecule is Cc1cc(CC(=O)N[C@@H](C(=O)N2CCC(c3ccc(Cl)cc3)CC2)C(C)C)on1. The molecule has 0 spiro atoms. The van der Waals surface area contributed by atoms with Crippen LogP contribution in [0.3, 0.4) is 0 Å². The Balaban J connectivity index is 1.56. The Labute approximate surface area is 176 Å². The fraction of sp³-hybridized carbons (Fsp3) is 0.500. The zero-order chi connectivity index (χ0) is 21.0. The minimum Gasteiger partial charge on any atom is -0.361 e. The molecule has 7 heteroatoms. The molecule has 1 saturated heterocycles. The number of aryl methyl sites for hydroxylation is 1. The van der Waals surface area contributed by atoms with Crippen LogP contribution in [0.1, 0.15) is 49.6 Å². The molecule has 0 unspecified atom stereocenters. The van der Waals surface area contributed by atoms with Crippen LogP contribution in [-0.2, 0) is 16.0 Å². The Morgan fingerprint density at radius 2 is 1.90 bits per heavy atom. The van der Waals surface area contributed by atoms with Crippen LogP contribution in [0.15, 0.2) is 34.9 Å². The van der Waals surface area contributed by atoms with Crippen LogP contribution in [0.4, 0.5) is 0 Å². The average molecular weight is 418 g/mol. The molecule has 1 aromatic carbocycles. The molecule has 1 N–H and O–H groups in total. The first-order valence-electron chi connectivity index (χ1n) is 10.1. The Bertz CT molecular complexity index is 839. The van der Waals surface area contributed by atoms with E-state index >= 15 is 0 Å². The van der Waals surface area contributed by atoms with Crippen LogP contribution in [0.5, 0.6) is 0 Å². The number of hydrogen-bond donors (Lipinski definition) is 1. The molecule has 2 heterocycles. The number of benzene rings is 1. The standard InChI is InChI=1S/C22H28ClN3O3/c1-14(2)21(24-20(27)13-19-12-15(3)25-29-19)22(28)26-10-8-17(9-11-26)16-4-6-18(23)7-5-16/h4-7,12,14,17,21H,8-11,13H2,1-3H3,(H,24,27)/t21-/m1/s1. The van der Waals surface area contributed by atoms with Gasteiger partial charge in [-0.3, -0.25) is 9.59 Å². The summed E-state index contributed by atoms with van der Waals surface area (Å²) in [6.45, 7) is 7.07. The lowest BCUT2D eigenvalue weighted by molar-refractivity contribution is -0.138. The van der Waals surface area contributed by atoms with E-state index in [-0.39, 0.29) is 24.2 Å². The van der Waals surface area contributed by atoms with Crippen LogP contribution in [0, 0.1) is 12.8 Å². The molecular weight excluding hydrogens is 390 g/mol. The summed E-state index contributed by atoms with van der Waals surface area (Å²) in [6, 6.07) is 9.13. The van der Waals surface area contributed by atoms with Crippen LogP contribution in [0.25, 0.3) is 0 Å². The molecule has 1 aromatic heterocycles. The molecule has 0 aliphatic carbocycles. The number of rotatable bonds is 6. The van der Waals surface area contributed by atoms with Crippen molar-refractivity contribution in [3.63, 3.8) is 0 Å². The van der Waals surface area contributed by atoms with Gasteiger partial charge in [0.1, 0.15) is 11.8 Å². The lowest BCUT2D eigenvalue weighted by Crippen LogP contribution is -2.53. The van der Waals surface area contributed by atoms with Crippen LogP contribution < -0.4 is 5.32 Å². The van der Waals surface area contributed by atoms with Gasteiger partial charge in [-0.05, 0) is 49.3 Å². The van der Waals surface area contributed by atoms with E-state index in [1.807, 2.05) is 30.9 Å².